The second-order valence-corrected chi connectivity index (χ2v) is 7.36. The molecule has 2 fully saturated rings. The molecule has 27 heavy (non-hydrogen) atoms. The number of rotatable bonds is 6. The van der Waals surface area contributed by atoms with Gasteiger partial charge in [0.2, 0.25) is 5.91 Å². The van der Waals surface area contributed by atoms with Gasteiger partial charge in [0.1, 0.15) is 0 Å². The Hall–Kier alpha value is -0.850. The van der Waals surface area contributed by atoms with E-state index >= 15 is 0 Å². The van der Waals surface area contributed by atoms with Crippen LogP contribution >= 0.6 is 24.8 Å². The van der Waals surface area contributed by atoms with Crippen LogP contribution in [0.3, 0.4) is 0 Å². The molecular formula is C20H33Cl2N3O2. The Balaban J connectivity index is 0.00000182. The van der Waals surface area contributed by atoms with Crippen LogP contribution in [0.1, 0.15) is 36.4 Å². The van der Waals surface area contributed by atoms with Gasteiger partial charge in [-0.25, -0.2) is 0 Å². The van der Waals surface area contributed by atoms with Crippen molar-refractivity contribution in [2.75, 3.05) is 39.4 Å². The molecule has 1 amide bonds. The summed E-state index contributed by atoms with van der Waals surface area (Å²) < 4.78 is 5.50. The molecule has 7 heteroatoms. The Morgan fingerprint density at radius 2 is 2.04 bits per heavy atom. The maximum Gasteiger partial charge on any atom is 0.223 e. The number of nitrogens with one attached hydrogen (secondary N) is 1. The number of hydrogen-bond acceptors (Lipinski definition) is 4. The zero-order valence-corrected chi connectivity index (χ0v) is 17.7. The maximum absolute atomic E-state index is 12.7. The van der Waals surface area contributed by atoms with E-state index in [1.54, 1.807) is 0 Å². The molecular weight excluding hydrogens is 385 g/mol. The minimum atomic E-state index is 0. The lowest BCUT2D eigenvalue weighted by Crippen LogP contribution is -2.45. The van der Waals surface area contributed by atoms with E-state index in [0.29, 0.717) is 19.0 Å². The fourth-order valence-corrected chi connectivity index (χ4v) is 4.22. The summed E-state index contributed by atoms with van der Waals surface area (Å²) in [6.07, 6.45) is 3.17. The molecule has 3 rings (SSSR count). The fourth-order valence-electron chi connectivity index (χ4n) is 4.22. The number of aryl methyl sites for hydroxylation is 1. The Kier molecular flexibility index (Phi) is 10.6. The number of halogens is 2. The second-order valence-electron chi connectivity index (χ2n) is 7.36. The van der Waals surface area contributed by atoms with Gasteiger partial charge in [0, 0.05) is 25.6 Å². The van der Waals surface area contributed by atoms with E-state index in [1.807, 2.05) is 0 Å². The predicted octanol–water partition coefficient (Wildman–Crippen LogP) is 2.70. The molecule has 1 aliphatic heterocycles. The number of morpholine rings is 1. The summed E-state index contributed by atoms with van der Waals surface area (Å²) in [6.45, 7) is 6.71. The zero-order chi connectivity index (χ0) is 17.6. The van der Waals surface area contributed by atoms with Crippen molar-refractivity contribution in [1.82, 2.24) is 10.2 Å². The predicted molar refractivity (Wildman–Crippen MR) is 114 cm³/mol. The number of amides is 1. The van der Waals surface area contributed by atoms with E-state index < -0.39 is 0 Å². The molecule has 0 bridgehead atoms. The van der Waals surface area contributed by atoms with Gasteiger partial charge in [0.25, 0.3) is 0 Å². The number of hydrogen-bond donors (Lipinski definition) is 2. The highest BCUT2D eigenvalue weighted by Crippen LogP contribution is 2.31. The Bertz CT molecular complexity index is 582. The first kappa shape index (κ1) is 24.2. The van der Waals surface area contributed by atoms with Gasteiger partial charge < -0.3 is 15.8 Å². The van der Waals surface area contributed by atoms with E-state index in [0.717, 1.165) is 45.6 Å². The molecule has 154 valence electrons. The van der Waals surface area contributed by atoms with Gasteiger partial charge in [-0.1, -0.05) is 36.2 Å². The first-order chi connectivity index (χ1) is 12.2. The molecule has 1 heterocycles. The fraction of sp³-hybridized carbons (Fsp3) is 0.650. The van der Waals surface area contributed by atoms with Gasteiger partial charge >= 0.3 is 0 Å². The van der Waals surface area contributed by atoms with Crippen molar-refractivity contribution in [3.8, 4) is 0 Å². The van der Waals surface area contributed by atoms with E-state index in [9.17, 15) is 4.79 Å². The van der Waals surface area contributed by atoms with Crippen LogP contribution in [-0.4, -0.2) is 50.2 Å². The van der Waals surface area contributed by atoms with Crippen LogP contribution in [0.15, 0.2) is 24.3 Å². The minimum absolute atomic E-state index is 0. The molecule has 3 atom stereocenters. The molecule has 5 nitrogen and oxygen atoms in total. The van der Waals surface area contributed by atoms with Gasteiger partial charge in [-0.05, 0) is 37.8 Å². The van der Waals surface area contributed by atoms with Crippen LogP contribution in [0.2, 0.25) is 0 Å². The van der Waals surface area contributed by atoms with Crippen LogP contribution in [0.25, 0.3) is 0 Å². The third-order valence-corrected chi connectivity index (χ3v) is 5.68. The first-order valence-corrected chi connectivity index (χ1v) is 9.55. The van der Waals surface area contributed by atoms with Crippen LogP contribution in [-0.2, 0) is 9.53 Å². The molecule has 1 aliphatic carbocycles. The van der Waals surface area contributed by atoms with Gasteiger partial charge in [0.05, 0.1) is 19.3 Å². The summed E-state index contributed by atoms with van der Waals surface area (Å²) >= 11 is 0. The Labute approximate surface area is 175 Å². The molecule has 0 aromatic heterocycles. The van der Waals surface area contributed by atoms with Crippen LogP contribution < -0.4 is 11.1 Å². The molecule has 1 saturated carbocycles. The molecule has 3 N–H and O–H groups in total. The van der Waals surface area contributed by atoms with Crippen molar-refractivity contribution in [3.63, 3.8) is 0 Å². The summed E-state index contributed by atoms with van der Waals surface area (Å²) in [5.41, 5.74) is 8.36. The topological polar surface area (TPSA) is 67.6 Å². The van der Waals surface area contributed by atoms with Crippen molar-refractivity contribution in [1.29, 1.82) is 0 Å². The van der Waals surface area contributed by atoms with E-state index in [4.69, 9.17) is 10.5 Å². The number of carbonyl (C=O) groups is 1. The lowest BCUT2D eigenvalue weighted by atomic mass is 9.95. The molecule has 0 radical (unpaired) electrons. The average molecular weight is 418 g/mol. The standard InChI is InChI=1S/C20H31N3O2.2ClH/c1-15-4-2-5-16(12-15)19(23-8-10-25-11-9-23)14-22-20(24)18-7-3-6-17(18)13-21;;/h2,4-5,12,17-19H,3,6-11,13-14,21H2,1H3,(H,22,24);2*1H/t17-,18-,19?;;/m1../s1. The van der Waals surface area contributed by atoms with E-state index in [-0.39, 0.29) is 42.7 Å². The number of nitrogens with two attached hydrogens (primary N) is 1. The molecule has 1 saturated heterocycles. The Morgan fingerprint density at radius 3 is 2.70 bits per heavy atom. The first-order valence-electron chi connectivity index (χ1n) is 9.55. The van der Waals surface area contributed by atoms with Crippen molar-refractivity contribution in [2.45, 2.75) is 32.2 Å². The molecule has 1 aromatic rings. The average Bonchev–Trinajstić information content (AvgIpc) is 3.11. The lowest BCUT2D eigenvalue weighted by Gasteiger charge is -2.35. The monoisotopic (exact) mass is 417 g/mol. The smallest absolute Gasteiger partial charge is 0.223 e. The summed E-state index contributed by atoms with van der Waals surface area (Å²) in [4.78, 5) is 15.1. The largest absolute Gasteiger partial charge is 0.379 e. The molecule has 1 aromatic carbocycles. The summed E-state index contributed by atoms with van der Waals surface area (Å²) in [7, 11) is 0. The van der Waals surface area contributed by atoms with Gasteiger partial charge in [-0.3, -0.25) is 9.69 Å². The van der Waals surface area contributed by atoms with Gasteiger partial charge in [-0.2, -0.15) is 0 Å². The number of benzene rings is 1. The van der Waals surface area contributed by atoms with Gasteiger partial charge in [0.15, 0.2) is 0 Å². The van der Waals surface area contributed by atoms with Crippen molar-refractivity contribution >= 4 is 30.7 Å². The van der Waals surface area contributed by atoms with Crippen molar-refractivity contribution in [2.24, 2.45) is 17.6 Å². The molecule has 0 spiro atoms. The van der Waals surface area contributed by atoms with Crippen molar-refractivity contribution in [3.05, 3.63) is 35.4 Å². The number of carbonyl (C=O) groups excluding carboxylic acids is 1. The van der Waals surface area contributed by atoms with Gasteiger partial charge in [-0.15, -0.1) is 24.8 Å². The summed E-state index contributed by atoms with van der Waals surface area (Å²) in [6, 6.07) is 8.80. The SMILES string of the molecule is Cc1cccc(C(CNC(=O)[C@@H]2CCC[C@@H]2CN)N2CCOCC2)c1.Cl.Cl. The maximum atomic E-state index is 12.7. The van der Waals surface area contributed by atoms with Crippen LogP contribution in [0, 0.1) is 18.8 Å². The second kappa shape index (κ2) is 11.9. The van der Waals surface area contributed by atoms with Crippen LogP contribution in [0.5, 0.6) is 0 Å². The molecule has 2 aliphatic rings. The highest BCUT2D eigenvalue weighted by atomic mass is 35.5. The minimum Gasteiger partial charge on any atom is -0.379 e. The van der Waals surface area contributed by atoms with Crippen molar-refractivity contribution < 1.29 is 9.53 Å². The van der Waals surface area contributed by atoms with E-state index in [1.165, 1.54) is 11.1 Å². The normalized spacial score (nSPS) is 23.8. The highest BCUT2D eigenvalue weighted by Gasteiger charge is 2.32. The Morgan fingerprint density at radius 1 is 1.30 bits per heavy atom. The number of nitrogens with zero attached hydrogens (tertiary/aromatic N) is 1. The highest BCUT2D eigenvalue weighted by molar-refractivity contribution is 5.85. The third-order valence-electron chi connectivity index (χ3n) is 5.68. The number of ether oxygens (including phenoxy) is 1. The lowest BCUT2D eigenvalue weighted by molar-refractivity contribution is -0.126. The summed E-state index contributed by atoms with van der Waals surface area (Å²) in [5.74, 6) is 0.618. The van der Waals surface area contributed by atoms with Crippen LogP contribution in [0.4, 0.5) is 0 Å². The summed E-state index contributed by atoms with van der Waals surface area (Å²) in [5, 5.41) is 3.23. The third kappa shape index (κ3) is 6.33. The molecule has 1 unspecified atom stereocenters. The quantitative estimate of drug-likeness (QED) is 0.746. The zero-order valence-electron chi connectivity index (χ0n) is 16.1. The van der Waals surface area contributed by atoms with E-state index in [2.05, 4.69) is 41.4 Å².